The first kappa shape index (κ1) is 15.0. The van der Waals surface area contributed by atoms with Gasteiger partial charge >= 0.3 is 0 Å². The van der Waals surface area contributed by atoms with Crippen LogP contribution in [0, 0.1) is 0 Å². The lowest BCUT2D eigenvalue weighted by Gasteiger charge is -2.10. The Morgan fingerprint density at radius 2 is 2.17 bits per heavy atom. The van der Waals surface area contributed by atoms with Gasteiger partial charge in [-0.1, -0.05) is 11.6 Å². The summed E-state index contributed by atoms with van der Waals surface area (Å²) in [6.45, 7) is 0. The van der Waals surface area contributed by atoms with Crippen LogP contribution in [0.25, 0.3) is 5.82 Å². The van der Waals surface area contributed by atoms with E-state index in [1.54, 1.807) is 41.5 Å². The van der Waals surface area contributed by atoms with Gasteiger partial charge in [-0.3, -0.25) is 9.36 Å². The largest absolute Gasteiger partial charge is 0.496 e. The molecule has 0 spiro atoms. The molecule has 3 aromatic rings. The summed E-state index contributed by atoms with van der Waals surface area (Å²) in [6.07, 6.45) is 6.35. The maximum absolute atomic E-state index is 12.4. The fourth-order valence-corrected chi connectivity index (χ4v) is 2.16. The molecule has 0 unspecified atom stereocenters. The fourth-order valence-electron chi connectivity index (χ4n) is 1.99. The highest BCUT2D eigenvalue weighted by atomic mass is 35.5. The van der Waals surface area contributed by atoms with Crippen LogP contribution in [0.4, 0.5) is 5.82 Å². The van der Waals surface area contributed by atoms with Crippen molar-refractivity contribution in [3.05, 3.63) is 59.9 Å². The van der Waals surface area contributed by atoms with Gasteiger partial charge in [-0.15, -0.1) is 0 Å². The van der Waals surface area contributed by atoms with Crippen molar-refractivity contribution in [1.29, 1.82) is 0 Å². The van der Waals surface area contributed by atoms with Crippen LogP contribution in [-0.4, -0.2) is 32.5 Å². The van der Waals surface area contributed by atoms with Crippen LogP contribution in [0.5, 0.6) is 5.75 Å². The van der Waals surface area contributed by atoms with E-state index in [-0.39, 0.29) is 5.91 Å². The van der Waals surface area contributed by atoms with Crippen LogP contribution in [0.15, 0.2) is 49.3 Å². The fraction of sp³-hybridized carbons (Fsp3) is 0.0667. The van der Waals surface area contributed by atoms with Gasteiger partial charge in [0.15, 0.2) is 0 Å². The molecular weight excluding hydrogens is 318 g/mol. The summed E-state index contributed by atoms with van der Waals surface area (Å²) in [5.41, 5.74) is 0.322. The zero-order valence-corrected chi connectivity index (χ0v) is 12.9. The summed E-state index contributed by atoms with van der Waals surface area (Å²) in [4.78, 5) is 24.5. The van der Waals surface area contributed by atoms with Crippen molar-refractivity contribution in [2.24, 2.45) is 0 Å². The van der Waals surface area contributed by atoms with Crippen molar-refractivity contribution in [2.45, 2.75) is 0 Å². The molecule has 1 amide bonds. The normalized spacial score (nSPS) is 10.3. The number of hydrogen-bond acceptors (Lipinski definition) is 5. The minimum atomic E-state index is -0.375. The lowest BCUT2D eigenvalue weighted by atomic mass is 10.2. The van der Waals surface area contributed by atoms with Gasteiger partial charge in [0.05, 0.1) is 12.7 Å². The third kappa shape index (κ3) is 3.29. The number of carbonyl (C=O) groups excluding carboxylic acids is 1. The van der Waals surface area contributed by atoms with E-state index < -0.39 is 0 Å². The summed E-state index contributed by atoms with van der Waals surface area (Å²) in [5, 5.41) is 3.14. The van der Waals surface area contributed by atoms with Gasteiger partial charge in [-0.2, -0.15) is 0 Å². The molecule has 0 atom stereocenters. The van der Waals surface area contributed by atoms with Crippen LogP contribution in [0.3, 0.4) is 0 Å². The van der Waals surface area contributed by atoms with Crippen LogP contribution in [-0.2, 0) is 0 Å². The third-order valence-electron chi connectivity index (χ3n) is 3.07. The molecule has 0 aliphatic carbocycles. The number of nitrogens with one attached hydrogen (secondary N) is 1. The third-order valence-corrected chi connectivity index (χ3v) is 3.30. The molecule has 1 N–H and O–H groups in total. The topological polar surface area (TPSA) is 81.9 Å². The number of halogens is 1. The van der Waals surface area contributed by atoms with Gasteiger partial charge in [0.1, 0.15) is 30.0 Å². The highest BCUT2D eigenvalue weighted by Gasteiger charge is 2.14. The SMILES string of the molecule is COc1ccc(Cl)cc1C(=O)Nc1cc(-n2ccnc2)ncn1. The zero-order valence-electron chi connectivity index (χ0n) is 12.1. The van der Waals surface area contributed by atoms with Crippen LogP contribution >= 0.6 is 11.6 Å². The van der Waals surface area contributed by atoms with Gasteiger partial charge in [-0.05, 0) is 18.2 Å². The molecule has 23 heavy (non-hydrogen) atoms. The van der Waals surface area contributed by atoms with Gasteiger partial charge in [-0.25, -0.2) is 15.0 Å². The van der Waals surface area contributed by atoms with Crippen molar-refractivity contribution in [3.63, 3.8) is 0 Å². The second-order valence-corrected chi connectivity index (χ2v) is 4.97. The van der Waals surface area contributed by atoms with Crippen molar-refractivity contribution in [1.82, 2.24) is 19.5 Å². The number of aromatic nitrogens is 4. The van der Waals surface area contributed by atoms with Crippen molar-refractivity contribution >= 4 is 23.3 Å². The molecule has 2 heterocycles. The highest BCUT2D eigenvalue weighted by Crippen LogP contribution is 2.23. The molecule has 0 saturated heterocycles. The van der Waals surface area contributed by atoms with Gasteiger partial charge < -0.3 is 10.1 Å². The molecule has 7 nitrogen and oxygen atoms in total. The Morgan fingerprint density at radius 1 is 1.30 bits per heavy atom. The molecule has 0 saturated carbocycles. The Morgan fingerprint density at radius 3 is 2.91 bits per heavy atom. The summed E-state index contributed by atoms with van der Waals surface area (Å²) in [5.74, 6) is 0.997. The van der Waals surface area contributed by atoms with Gasteiger partial charge in [0, 0.05) is 23.5 Å². The second-order valence-electron chi connectivity index (χ2n) is 4.53. The number of nitrogens with zero attached hydrogens (tertiary/aromatic N) is 4. The smallest absolute Gasteiger partial charge is 0.260 e. The summed E-state index contributed by atoms with van der Waals surface area (Å²) < 4.78 is 6.88. The Kier molecular flexibility index (Phi) is 4.20. The zero-order chi connectivity index (χ0) is 16.2. The van der Waals surface area contributed by atoms with Crippen molar-refractivity contribution in [3.8, 4) is 11.6 Å². The van der Waals surface area contributed by atoms with Gasteiger partial charge in [0.2, 0.25) is 0 Å². The number of rotatable bonds is 4. The maximum Gasteiger partial charge on any atom is 0.260 e. The maximum atomic E-state index is 12.4. The number of carbonyl (C=O) groups is 1. The molecule has 8 heteroatoms. The Labute approximate surface area is 136 Å². The summed E-state index contributed by atoms with van der Waals surface area (Å²) >= 11 is 5.94. The number of benzene rings is 1. The lowest BCUT2D eigenvalue weighted by Crippen LogP contribution is -2.14. The van der Waals surface area contributed by atoms with E-state index >= 15 is 0 Å². The van der Waals surface area contributed by atoms with E-state index in [9.17, 15) is 4.79 Å². The van der Waals surface area contributed by atoms with E-state index in [4.69, 9.17) is 16.3 Å². The Balaban J connectivity index is 1.86. The molecule has 0 radical (unpaired) electrons. The predicted octanol–water partition coefficient (Wildman–Crippen LogP) is 2.58. The molecule has 0 aliphatic heterocycles. The first-order valence-corrected chi connectivity index (χ1v) is 7.00. The minimum absolute atomic E-state index is 0.322. The van der Waals surface area contributed by atoms with Gasteiger partial charge in [0.25, 0.3) is 5.91 Å². The molecule has 0 fully saturated rings. The van der Waals surface area contributed by atoms with Crippen LogP contribution in [0.1, 0.15) is 10.4 Å². The van der Waals surface area contributed by atoms with Crippen molar-refractivity contribution < 1.29 is 9.53 Å². The minimum Gasteiger partial charge on any atom is -0.496 e. The number of amides is 1. The number of methoxy groups -OCH3 is 1. The number of ether oxygens (including phenoxy) is 1. The van der Waals surface area contributed by atoms with Crippen LogP contribution < -0.4 is 10.1 Å². The molecule has 116 valence electrons. The molecular formula is C15H12ClN5O2. The average molecular weight is 330 g/mol. The average Bonchev–Trinajstić information content (AvgIpc) is 3.09. The first-order valence-electron chi connectivity index (χ1n) is 6.62. The van der Waals surface area contributed by atoms with E-state index in [0.29, 0.717) is 28.0 Å². The quantitative estimate of drug-likeness (QED) is 0.795. The first-order chi connectivity index (χ1) is 11.2. The van der Waals surface area contributed by atoms with Crippen molar-refractivity contribution in [2.75, 3.05) is 12.4 Å². The number of anilines is 1. The number of imidazole rings is 1. The summed E-state index contributed by atoms with van der Waals surface area (Å²) in [7, 11) is 1.49. The monoisotopic (exact) mass is 329 g/mol. The number of hydrogen-bond donors (Lipinski definition) is 1. The van der Waals surface area contributed by atoms with E-state index in [2.05, 4.69) is 20.3 Å². The summed E-state index contributed by atoms with van der Waals surface area (Å²) in [6, 6.07) is 6.46. The second kappa shape index (κ2) is 6.45. The predicted molar refractivity (Wildman–Crippen MR) is 85.1 cm³/mol. The lowest BCUT2D eigenvalue weighted by molar-refractivity contribution is 0.102. The van der Waals surface area contributed by atoms with E-state index in [1.807, 2.05) is 0 Å². The molecule has 2 aromatic heterocycles. The Hall–Kier alpha value is -2.93. The Bertz CT molecular complexity index is 836. The van der Waals surface area contributed by atoms with E-state index in [1.165, 1.54) is 19.5 Å². The standard InChI is InChI=1S/C15H12ClN5O2/c1-23-12-3-2-10(16)6-11(12)15(22)20-13-7-14(19-8-18-13)21-5-4-17-9-21/h2-9H,1H3,(H,18,19,20,22). The highest BCUT2D eigenvalue weighted by molar-refractivity contribution is 6.31. The molecule has 3 rings (SSSR count). The van der Waals surface area contributed by atoms with E-state index in [0.717, 1.165) is 0 Å². The molecule has 0 bridgehead atoms. The molecule has 1 aromatic carbocycles. The van der Waals surface area contributed by atoms with Crippen LogP contribution in [0.2, 0.25) is 5.02 Å². The molecule has 0 aliphatic rings.